The Kier molecular flexibility index (Phi) is 4.89. The molecule has 0 aliphatic carbocycles. The van der Waals surface area contributed by atoms with Crippen LogP contribution < -0.4 is 0 Å². The van der Waals surface area contributed by atoms with Gasteiger partial charge in [-0.3, -0.25) is 0 Å². The summed E-state index contributed by atoms with van der Waals surface area (Å²) in [6.45, 7) is 2.34. The largest absolute Gasteiger partial charge is 0.309 e. The fourth-order valence-electron chi connectivity index (χ4n) is 5.71. The van der Waals surface area contributed by atoms with Crippen LogP contribution in [0.5, 0.6) is 0 Å². The van der Waals surface area contributed by atoms with Crippen LogP contribution in [0, 0.1) is 0 Å². The molecule has 0 fully saturated rings. The van der Waals surface area contributed by atoms with Gasteiger partial charge in [-0.25, -0.2) is 0 Å². The Morgan fingerprint density at radius 2 is 1.17 bits per heavy atom. The zero-order valence-corrected chi connectivity index (χ0v) is 20.4. The van der Waals surface area contributed by atoms with E-state index in [1.165, 1.54) is 60.2 Å². The van der Waals surface area contributed by atoms with Crippen LogP contribution in [-0.2, 0) is 6.42 Å². The van der Waals surface area contributed by atoms with Gasteiger partial charge in [0.1, 0.15) is 0 Å². The Morgan fingerprint density at radius 1 is 0.528 bits per heavy atom. The summed E-state index contributed by atoms with van der Waals surface area (Å²) < 4.78 is 2.46. The summed E-state index contributed by atoms with van der Waals surface area (Å²) in [6, 6.07) is 46.7. The maximum absolute atomic E-state index is 2.46. The van der Waals surface area contributed by atoms with Crippen LogP contribution in [0.3, 0.4) is 0 Å². The molecule has 0 saturated heterocycles. The van der Waals surface area contributed by atoms with Crippen molar-refractivity contribution in [1.82, 2.24) is 4.57 Å². The van der Waals surface area contributed by atoms with Gasteiger partial charge in [-0.1, -0.05) is 104 Å². The van der Waals surface area contributed by atoms with Crippen molar-refractivity contribution in [2.75, 3.05) is 0 Å². The molecule has 0 radical (unpaired) electrons. The number of rotatable bonds is 4. The van der Waals surface area contributed by atoms with E-state index in [9.17, 15) is 0 Å². The number of hydrogen-bond acceptors (Lipinski definition) is 0. The van der Waals surface area contributed by atoms with Crippen LogP contribution in [0.1, 0.15) is 24.0 Å². The van der Waals surface area contributed by atoms with Crippen LogP contribution in [0.4, 0.5) is 0 Å². The highest BCUT2D eigenvalue weighted by atomic mass is 15.0. The van der Waals surface area contributed by atoms with Gasteiger partial charge >= 0.3 is 0 Å². The molecule has 172 valence electrons. The van der Waals surface area contributed by atoms with Crippen molar-refractivity contribution in [3.8, 4) is 5.69 Å². The lowest BCUT2D eigenvalue weighted by molar-refractivity contribution is 0.760. The predicted octanol–water partition coefficient (Wildman–Crippen LogP) is 9.44. The van der Waals surface area contributed by atoms with Gasteiger partial charge in [0.15, 0.2) is 0 Å². The first-order chi connectivity index (χ1) is 17.7. The number of hydrogen-bond donors (Lipinski definition) is 0. The molecule has 7 rings (SSSR count). The Morgan fingerprint density at radius 3 is 1.94 bits per heavy atom. The first-order valence-corrected chi connectivity index (χ1v) is 12.7. The molecule has 0 amide bonds. The third-order valence-electron chi connectivity index (χ3n) is 7.60. The molecule has 36 heavy (non-hydrogen) atoms. The highest BCUT2D eigenvalue weighted by Gasteiger charge is 2.16. The van der Waals surface area contributed by atoms with E-state index >= 15 is 0 Å². The lowest BCUT2D eigenvalue weighted by Crippen LogP contribution is -1.99. The molecule has 1 unspecified atom stereocenters. The molecule has 1 aromatic heterocycles. The average molecular weight is 462 g/mol. The number of nitrogens with zero attached hydrogens (tertiary/aromatic N) is 1. The molecule has 1 atom stereocenters. The van der Waals surface area contributed by atoms with Gasteiger partial charge in [0.05, 0.1) is 11.0 Å². The van der Waals surface area contributed by atoms with Crippen molar-refractivity contribution in [2.45, 2.75) is 19.3 Å². The minimum atomic E-state index is 0.430. The molecule has 1 nitrogen and oxygen atoms in total. The zero-order valence-electron chi connectivity index (χ0n) is 20.4. The summed E-state index contributed by atoms with van der Waals surface area (Å²) in [4.78, 5) is 0. The van der Waals surface area contributed by atoms with Gasteiger partial charge in [0.25, 0.3) is 0 Å². The monoisotopic (exact) mass is 461 g/mol. The molecule has 7 aromatic rings. The van der Waals surface area contributed by atoms with Crippen LogP contribution in [0.15, 0.2) is 127 Å². The van der Waals surface area contributed by atoms with E-state index in [1.807, 2.05) is 0 Å². The molecule has 0 aliphatic rings. The van der Waals surface area contributed by atoms with Crippen molar-refractivity contribution in [3.63, 3.8) is 0 Å². The van der Waals surface area contributed by atoms with Gasteiger partial charge in [-0.05, 0) is 75.3 Å². The first kappa shape index (κ1) is 21.0. The smallest absolute Gasteiger partial charge is 0.0547 e. The van der Waals surface area contributed by atoms with Gasteiger partial charge in [-0.2, -0.15) is 0 Å². The predicted molar refractivity (Wildman–Crippen MR) is 154 cm³/mol. The summed E-state index contributed by atoms with van der Waals surface area (Å²) in [7, 11) is 0. The molecule has 1 heterocycles. The minimum Gasteiger partial charge on any atom is -0.309 e. The number of benzene rings is 6. The molecule has 0 spiro atoms. The van der Waals surface area contributed by atoms with Crippen LogP contribution in [0.25, 0.3) is 49.0 Å². The minimum absolute atomic E-state index is 0.430. The molecule has 0 saturated carbocycles. The van der Waals surface area contributed by atoms with Crippen molar-refractivity contribution >= 4 is 43.4 Å². The van der Waals surface area contributed by atoms with Crippen molar-refractivity contribution in [1.29, 1.82) is 0 Å². The van der Waals surface area contributed by atoms with Crippen LogP contribution >= 0.6 is 0 Å². The van der Waals surface area contributed by atoms with Gasteiger partial charge in [0.2, 0.25) is 0 Å². The Bertz CT molecular complexity index is 1870. The van der Waals surface area contributed by atoms with Crippen molar-refractivity contribution in [2.24, 2.45) is 0 Å². The van der Waals surface area contributed by atoms with Gasteiger partial charge < -0.3 is 4.57 Å². The fraction of sp³-hybridized carbons (Fsp3) is 0.0857. The number of fused-ring (bicyclic) bond motifs is 5. The molecular weight excluding hydrogens is 434 g/mol. The molecule has 0 N–H and O–H groups in total. The van der Waals surface area contributed by atoms with Crippen LogP contribution in [-0.4, -0.2) is 4.57 Å². The molecule has 6 aromatic carbocycles. The summed E-state index contributed by atoms with van der Waals surface area (Å²) in [5, 5.41) is 7.69. The second-order valence-electron chi connectivity index (χ2n) is 9.95. The normalized spacial score (nSPS) is 12.6. The Balaban J connectivity index is 1.48. The van der Waals surface area contributed by atoms with E-state index in [0.29, 0.717) is 5.92 Å². The van der Waals surface area contributed by atoms with E-state index in [1.54, 1.807) is 0 Å². The van der Waals surface area contributed by atoms with E-state index in [4.69, 9.17) is 0 Å². The topological polar surface area (TPSA) is 4.93 Å². The zero-order chi connectivity index (χ0) is 24.1. The number of aromatic nitrogens is 1. The molecule has 0 aliphatic heterocycles. The Hall–Kier alpha value is -4.36. The highest BCUT2D eigenvalue weighted by molar-refractivity contribution is 6.13. The van der Waals surface area contributed by atoms with Gasteiger partial charge in [-0.15, -0.1) is 0 Å². The summed E-state index contributed by atoms with van der Waals surface area (Å²) in [5.74, 6) is 0.430. The first-order valence-electron chi connectivity index (χ1n) is 12.7. The van der Waals surface area contributed by atoms with E-state index < -0.39 is 0 Å². The van der Waals surface area contributed by atoms with Gasteiger partial charge in [0, 0.05) is 16.5 Å². The maximum atomic E-state index is 2.46. The molecule has 1 heteroatoms. The van der Waals surface area contributed by atoms with Crippen molar-refractivity contribution < 1.29 is 0 Å². The summed E-state index contributed by atoms with van der Waals surface area (Å²) in [6.07, 6.45) is 1.03. The Labute approximate surface area is 211 Å². The standard InChI is InChI=1S/C35H27N/c1-24(19-25-9-3-2-4-10-25)27-16-18-32-33-21-29-13-7-8-14-30(29)23-35(33)36(34(32)22-27)31-17-15-26-11-5-6-12-28(26)20-31/h2-18,20-24H,19H2,1H3. The molecule has 0 bridgehead atoms. The fourth-order valence-corrected chi connectivity index (χ4v) is 5.71. The lowest BCUT2D eigenvalue weighted by Gasteiger charge is -2.14. The lowest BCUT2D eigenvalue weighted by atomic mass is 9.93. The second-order valence-corrected chi connectivity index (χ2v) is 9.95. The quantitative estimate of drug-likeness (QED) is 0.246. The molecular formula is C35H27N. The van der Waals surface area contributed by atoms with E-state index in [-0.39, 0.29) is 0 Å². The SMILES string of the molecule is CC(Cc1ccccc1)c1ccc2c3cc4ccccc4cc3n(-c3ccc4ccccc4c3)c2c1. The van der Waals surface area contributed by atoms with E-state index in [2.05, 4.69) is 139 Å². The maximum Gasteiger partial charge on any atom is 0.0547 e. The highest BCUT2D eigenvalue weighted by Crippen LogP contribution is 2.37. The third kappa shape index (κ3) is 3.48. The average Bonchev–Trinajstić information content (AvgIpc) is 3.24. The van der Waals surface area contributed by atoms with Crippen molar-refractivity contribution in [3.05, 3.63) is 139 Å². The van der Waals surface area contributed by atoms with E-state index in [0.717, 1.165) is 6.42 Å². The third-order valence-corrected chi connectivity index (χ3v) is 7.60. The second kappa shape index (κ2) is 8.39. The van der Waals surface area contributed by atoms with Crippen LogP contribution in [0.2, 0.25) is 0 Å². The summed E-state index contributed by atoms with van der Waals surface area (Å²) >= 11 is 0. The summed E-state index contributed by atoms with van der Waals surface area (Å²) in [5.41, 5.74) is 6.49.